The van der Waals surface area contributed by atoms with Gasteiger partial charge in [-0.25, -0.2) is 0 Å². The van der Waals surface area contributed by atoms with Gasteiger partial charge in [0.05, 0.1) is 0 Å². The fourth-order valence-corrected chi connectivity index (χ4v) is 2.93. The Balaban J connectivity index is 1.44. The fraction of sp³-hybridized carbons (Fsp3) is 0.588. The lowest BCUT2D eigenvalue weighted by atomic mass is 10.2. The molecule has 0 unspecified atom stereocenters. The Morgan fingerprint density at radius 3 is 2.52 bits per heavy atom. The van der Waals surface area contributed by atoms with Crippen molar-refractivity contribution in [3.8, 4) is 11.5 Å². The van der Waals surface area contributed by atoms with Crippen LogP contribution in [0.1, 0.15) is 13.3 Å². The van der Waals surface area contributed by atoms with E-state index in [2.05, 4.69) is 22.0 Å². The summed E-state index contributed by atoms with van der Waals surface area (Å²) in [5, 5.41) is 2.94. The number of fused-ring (bicyclic) bond motifs is 1. The zero-order chi connectivity index (χ0) is 16.1. The number of benzene rings is 1. The van der Waals surface area contributed by atoms with Gasteiger partial charge in [-0.15, -0.1) is 0 Å². The minimum atomic E-state index is 0.0413. The van der Waals surface area contributed by atoms with Crippen molar-refractivity contribution < 1.29 is 14.3 Å². The third-order valence-electron chi connectivity index (χ3n) is 4.39. The van der Waals surface area contributed by atoms with Crippen molar-refractivity contribution >= 4 is 11.6 Å². The zero-order valence-corrected chi connectivity index (χ0v) is 13.7. The first kappa shape index (κ1) is 16.1. The highest BCUT2D eigenvalue weighted by atomic mass is 16.6. The van der Waals surface area contributed by atoms with Crippen LogP contribution < -0.4 is 14.8 Å². The molecule has 1 fully saturated rings. The molecule has 1 saturated heterocycles. The van der Waals surface area contributed by atoms with E-state index in [4.69, 9.17) is 9.47 Å². The van der Waals surface area contributed by atoms with E-state index in [0.29, 0.717) is 25.4 Å². The van der Waals surface area contributed by atoms with E-state index >= 15 is 0 Å². The van der Waals surface area contributed by atoms with Crippen LogP contribution in [0, 0.1) is 0 Å². The highest BCUT2D eigenvalue weighted by Gasteiger charge is 2.17. The highest BCUT2D eigenvalue weighted by molar-refractivity contribution is 5.91. The van der Waals surface area contributed by atoms with Crippen molar-refractivity contribution in [1.29, 1.82) is 0 Å². The van der Waals surface area contributed by atoms with Crippen molar-refractivity contribution in [2.24, 2.45) is 0 Å². The van der Waals surface area contributed by atoms with E-state index in [1.807, 2.05) is 18.2 Å². The summed E-state index contributed by atoms with van der Waals surface area (Å²) in [5.41, 5.74) is 0.759. The zero-order valence-electron chi connectivity index (χ0n) is 13.7. The second-order valence-corrected chi connectivity index (χ2v) is 5.93. The number of anilines is 1. The van der Waals surface area contributed by atoms with E-state index in [1.165, 1.54) is 0 Å². The number of hydrogen-bond acceptors (Lipinski definition) is 5. The Morgan fingerprint density at radius 2 is 1.78 bits per heavy atom. The van der Waals surface area contributed by atoms with Crippen LogP contribution in [0.4, 0.5) is 5.69 Å². The molecule has 6 heteroatoms. The van der Waals surface area contributed by atoms with Crippen molar-refractivity contribution in [1.82, 2.24) is 9.80 Å². The van der Waals surface area contributed by atoms with Crippen LogP contribution in [0.15, 0.2) is 18.2 Å². The quantitative estimate of drug-likeness (QED) is 0.890. The lowest BCUT2D eigenvalue weighted by Gasteiger charge is -2.33. The molecule has 1 N–H and O–H groups in total. The van der Waals surface area contributed by atoms with Crippen LogP contribution >= 0.6 is 0 Å². The monoisotopic (exact) mass is 319 g/mol. The van der Waals surface area contributed by atoms with Crippen molar-refractivity contribution in [3.05, 3.63) is 18.2 Å². The lowest BCUT2D eigenvalue weighted by Crippen LogP contribution is -2.46. The van der Waals surface area contributed by atoms with Gasteiger partial charge < -0.3 is 24.6 Å². The van der Waals surface area contributed by atoms with E-state index in [-0.39, 0.29) is 5.91 Å². The van der Waals surface area contributed by atoms with Crippen molar-refractivity contribution in [2.45, 2.75) is 13.3 Å². The Labute approximate surface area is 137 Å². The molecule has 0 spiro atoms. The third-order valence-corrected chi connectivity index (χ3v) is 4.39. The van der Waals surface area contributed by atoms with Crippen molar-refractivity contribution in [2.75, 3.05) is 57.8 Å². The average Bonchev–Trinajstić information content (AvgIpc) is 2.60. The summed E-state index contributed by atoms with van der Waals surface area (Å²) in [6.45, 7) is 9.53. The first-order valence-corrected chi connectivity index (χ1v) is 8.39. The smallest absolute Gasteiger partial charge is 0.225 e. The Hall–Kier alpha value is -1.79. The van der Waals surface area contributed by atoms with Crippen LogP contribution in [0.25, 0.3) is 0 Å². The maximum absolute atomic E-state index is 12.1. The van der Waals surface area contributed by atoms with Crippen molar-refractivity contribution in [3.63, 3.8) is 0 Å². The molecular formula is C17H25N3O3. The van der Waals surface area contributed by atoms with Crippen LogP contribution in [0.5, 0.6) is 11.5 Å². The van der Waals surface area contributed by atoms with Gasteiger partial charge in [0, 0.05) is 50.9 Å². The van der Waals surface area contributed by atoms with Gasteiger partial charge in [0.2, 0.25) is 5.91 Å². The predicted octanol–water partition coefficient (Wildman–Crippen LogP) is 1.42. The number of nitrogens with zero attached hydrogens (tertiary/aromatic N) is 2. The van der Waals surface area contributed by atoms with Gasteiger partial charge >= 0.3 is 0 Å². The van der Waals surface area contributed by atoms with E-state index < -0.39 is 0 Å². The third kappa shape index (κ3) is 4.36. The number of amides is 1. The average molecular weight is 319 g/mol. The summed E-state index contributed by atoms with van der Waals surface area (Å²) in [5.74, 6) is 1.48. The standard InChI is InChI=1S/C17H25N3O3/c1-2-19-7-9-20(10-8-19)6-5-17(21)18-14-3-4-15-16(13-14)23-12-11-22-15/h3-4,13H,2,5-12H2,1H3,(H,18,21). The van der Waals surface area contributed by atoms with Gasteiger partial charge in [0.25, 0.3) is 0 Å². The minimum absolute atomic E-state index is 0.0413. The summed E-state index contributed by atoms with van der Waals surface area (Å²) in [4.78, 5) is 16.9. The molecule has 2 heterocycles. The maximum atomic E-state index is 12.1. The number of piperazine rings is 1. The topological polar surface area (TPSA) is 54.0 Å². The Morgan fingerprint density at radius 1 is 1.09 bits per heavy atom. The first-order valence-electron chi connectivity index (χ1n) is 8.39. The van der Waals surface area contributed by atoms with Gasteiger partial charge in [-0.3, -0.25) is 4.79 Å². The number of likely N-dealkylation sites (N-methyl/N-ethyl adjacent to an activating group) is 1. The summed E-state index contributed by atoms with van der Waals surface area (Å²) >= 11 is 0. The molecule has 1 aromatic rings. The molecular weight excluding hydrogens is 294 g/mol. The van der Waals surface area contributed by atoms with Crippen LogP contribution in [-0.4, -0.2) is 68.2 Å². The van der Waals surface area contributed by atoms with Gasteiger partial charge in [0.15, 0.2) is 11.5 Å². The summed E-state index contributed by atoms with van der Waals surface area (Å²) in [6, 6.07) is 5.52. The minimum Gasteiger partial charge on any atom is -0.486 e. The largest absolute Gasteiger partial charge is 0.486 e. The second-order valence-electron chi connectivity index (χ2n) is 5.93. The van der Waals surface area contributed by atoms with E-state index in [9.17, 15) is 4.79 Å². The molecule has 6 nitrogen and oxygen atoms in total. The Kier molecular flexibility index (Phi) is 5.35. The second kappa shape index (κ2) is 7.66. The highest BCUT2D eigenvalue weighted by Crippen LogP contribution is 2.32. The summed E-state index contributed by atoms with van der Waals surface area (Å²) in [7, 11) is 0. The molecule has 0 atom stereocenters. The van der Waals surface area contributed by atoms with E-state index in [0.717, 1.165) is 50.7 Å². The molecule has 3 rings (SSSR count). The molecule has 126 valence electrons. The van der Waals surface area contributed by atoms with Crippen LogP contribution in [0.2, 0.25) is 0 Å². The molecule has 1 aromatic carbocycles. The first-order chi connectivity index (χ1) is 11.2. The lowest BCUT2D eigenvalue weighted by molar-refractivity contribution is -0.116. The molecule has 0 saturated carbocycles. The van der Waals surface area contributed by atoms with Gasteiger partial charge in [-0.2, -0.15) is 0 Å². The van der Waals surface area contributed by atoms with Crippen LogP contribution in [-0.2, 0) is 4.79 Å². The fourth-order valence-electron chi connectivity index (χ4n) is 2.93. The molecule has 0 bridgehead atoms. The summed E-state index contributed by atoms with van der Waals surface area (Å²) < 4.78 is 11.0. The normalized spacial score (nSPS) is 18.7. The number of carbonyl (C=O) groups is 1. The number of ether oxygens (including phenoxy) is 2. The molecule has 23 heavy (non-hydrogen) atoms. The molecule has 0 radical (unpaired) electrons. The number of rotatable bonds is 5. The van der Waals surface area contributed by atoms with Gasteiger partial charge in [0.1, 0.15) is 13.2 Å². The number of nitrogens with one attached hydrogen (secondary N) is 1. The molecule has 0 aliphatic carbocycles. The molecule has 1 amide bonds. The number of carbonyl (C=O) groups excluding carboxylic acids is 1. The predicted molar refractivity (Wildman–Crippen MR) is 89.2 cm³/mol. The number of hydrogen-bond donors (Lipinski definition) is 1. The van der Waals surface area contributed by atoms with Gasteiger partial charge in [-0.1, -0.05) is 6.92 Å². The molecule has 2 aliphatic heterocycles. The SMILES string of the molecule is CCN1CCN(CCC(=O)Nc2ccc3c(c2)OCCO3)CC1. The molecule has 2 aliphatic rings. The molecule has 0 aromatic heterocycles. The maximum Gasteiger partial charge on any atom is 0.225 e. The van der Waals surface area contributed by atoms with Gasteiger partial charge in [-0.05, 0) is 18.7 Å². The van der Waals surface area contributed by atoms with E-state index in [1.54, 1.807) is 0 Å². The Bertz CT molecular complexity index is 542. The summed E-state index contributed by atoms with van der Waals surface area (Å²) in [6.07, 6.45) is 0.514. The van der Waals surface area contributed by atoms with Crippen LogP contribution in [0.3, 0.4) is 0 Å².